The molecule has 0 amide bonds. The van der Waals surface area contributed by atoms with Crippen LogP contribution in [0.3, 0.4) is 0 Å². The standard InChI is InChI=1S/C29H46N2O2/c1-7-20(18(2)3)9-8-19(4)23-10-11-24-22-17-27(31-33)26-16-21(30-32)12-14-29(26,6)25(22)13-15-28(23,24)5/h8-9,16,18-25,27H,7,10-15,17H2,1-6H3/t19-,20?,21?,22+,23-,24+,25+,27?,28-,29-/m1/s1. The molecule has 3 fully saturated rings. The summed E-state index contributed by atoms with van der Waals surface area (Å²) in [5.74, 6) is 4.58. The van der Waals surface area contributed by atoms with Crippen molar-refractivity contribution in [3.05, 3.63) is 33.6 Å². The van der Waals surface area contributed by atoms with E-state index in [1.807, 2.05) is 6.08 Å². The van der Waals surface area contributed by atoms with Crippen molar-refractivity contribution in [3.8, 4) is 0 Å². The Kier molecular flexibility index (Phi) is 7.05. The molecule has 0 aromatic rings. The summed E-state index contributed by atoms with van der Waals surface area (Å²) < 4.78 is 0. The van der Waals surface area contributed by atoms with Gasteiger partial charge in [0, 0.05) is 0 Å². The SMILES string of the molecule is CCC(C=C[C@@H](C)[C@H]1CC[C@H]2[C@@H]3CC(N=O)C4=CC(N=O)CC[C@]4(C)[C@H]3CC[C@]12C)C(C)C. The van der Waals surface area contributed by atoms with Crippen molar-refractivity contribution in [2.24, 2.45) is 62.6 Å². The third-order valence-electron chi connectivity index (χ3n) is 11.1. The molecule has 0 N–H and O–H groups in total. The molecule has 4 aliphatic rings. The lowest BCUT2D eigenvalue weighted by Crippen LogP contribution is -2.54. The number of hydrogen-bond donors (Lipinski definition) is 0. The summed E-state index contributed by atoms with van der Waals surface area (Å²) in [5.41, 5.74) is 1.51. The molecule has 3 saturated carbocycles. The third-order valence-corrected chi connectivity index (χ3v) is 11.1. The van der Waals surface area contributed by atoms with Crippen molar-refractivity contribution < 1.29 is 0 Å². The van der Waals surface area contributed by atoms with Gasteiger partial charge in [-0.2, -0.15) is 9.81 Å². The largest absolute Gasteiger partial charge is 0.150 e. The minimum absolute atomic E-state index is 0.0131. The minimum Gasteiger partial charge on any atom is -0.150 e. The molecule has 0 radical (unpaired) electrons. The van der Waals surface area contributed by atoms with Crippen LogP contribution in [0.25, 0.3) is 0 Å². The average molecular weight is 455 g/mol. The smallest absolute Gasteiger partial charge is 0.114 e. The van der Waals surface area contributed by atoms with Gasteiger partial charge in [0.05, 0.1) is 0 Å². The van der Waals surface area contributed by atoms with Crippen LogP contribution < -0.4 is 0 Å². The molecular weight excluding hydrogens is 408 g/mol. The molecule has 10 atom stereocenters. The van der Waals surface area contributed by atoms with Crippen molar-refractivity contribution in [1.29, 1.82) is 0 Å². The van der Waals surface area contributed by atoms with E-state index >= 15 is 0 Å². The second-order valence-corrected chi connectivity index (χ2v) is 12.8. The van der Waals surface area contributed by atoms with E-state index in [2.05, 4.69) is 64.0 Å². The molecular formula is C29H46N2O2. The van der Waals surface area contributed by atoms with Gasteiger partial charge in [0.1, 0.15) is 12.1 Å². The number of nitrogens with zero attached hydrogens (tertiary/aromatic N) is 2. The highest BCUT2D eigenvalue weighted by Crippen LogP contribution is 2.68. The lowest BCUT2D eigenvalue weighted by molar-refractivity contribution is -0.0598. The van der Waals surface area contributed by atoms with Crippen LogP contribution in [-0.4, -0.2) is 12.1 Å². The van der Waals surface area contributed by atoms with Gasteiger partial charge in [-0.3, -0.25) is 0 Å². The molecule has 0 spiro atoms. The van der Waals surface area contributed by atoms with Crippen LogP contribution in [0.4, 0.5) is 0 Å². The summed E-state index contributed by atoms with van der Waals surface area (Å²) in [7, 11) is 0. The summed E-state index contributed by atoms with van der Waals surface area (Å²) in [5, 5.41) is 6.94. The third kappa shape index (κ3) is 4.08. The minimum atomic E-state index is -0.274. The van der Waals surface area contributed by atoms with Crippen LogP contribution in [-0.2, 0) is 0 Å². The Morgan fingerprint density at radius 3 is 2.39 bits per heavy atom. The monoisotopic (exact) mass is 454 g/mol. The highest BCUT2D eigenvalue weighted by atomic mass is 16.3. The number of allylic oxidation sites excluding steroid dienone is 2. The van der Waals surface area contributed by atoms with Gasteiger partial charge in [0.2, 0.25) is 0 Å². The first kappa shape index (κ1) is 24.8. The fraction of sp³-hybridized carbons (Fsp3) is 0.862. The predicted molar refractivity (Wildman–Crippen MR) is 137 cm³/mol. The first-order valence-electron chi connectivity index (χ1n) is 13.7. The van der Waals surface area contributed by atoms with Crippen molar-refractivity contribution in [2.45, 2.75) is 105 Å². The Balaban J connectivity index is 1.58. The van der Waals surface area contributed by atoms with E-state index in [-0.39, 0.29) is 17.5 Å². The quantitative estimate of drug-likeness (QED) is 0.287. The topological polar surface area (TPSA) is 58.9 Å². The van der Waals surface area contributed by atoms with Crippen LogP contribution in [0.5, 0.6) is 0 Å². The zero-order valence-electron chi connectivity index (χ0n) is 21.8. The van der Waals surface area contributed by atoms with E-state index < -0.39 is 0 Å². The van der Waals surface area contributed by atoms with Gasteiger partial charge in [0.25, 0.3) is 0 Å². The summed E-state index contributed by atoms with van der Waals surface area (Å²) in [6, 6.07) is -0.542. The van der Waals surface area contributed by atoms with Crippen LogP contribution in [0, 0.1) is 62.1 Å². The van der Waals surface area contributed by atoms with E-state index in [9.17, 15) is 9.81 Å². The van der Waals surface area contributed by atoms with Gasteiger partial charge in [-0.15, -0.1) is 0 Å². The Labute approximate surface area is 201 Å². The number of rotatable bonds is 7. The van der Waals surface area contributed by atoms with E-state index in [0.29, 0.717) is 40.9 Å². The molecule has 0 aromatic heterocycles. The second kappa shape index (κ2) is 9.38. The van der Waals surface area contributed by atoms with Gasteiger partial charge in [-0.25, -0.2) is 0 Å². The summed E-state index contributed by atoms with van der Waals surface area (Å²) in [6.45, 7) is 14.3. The van der Waals surface area contributed by atoms with Crippen LogP contribution >= 0.6 is 0 Å². The molecule has 184 valence electrons. The Morgan fingerprint density at radius 2 is 1.76 bits per heavy atom. The summed E-state index contributed by atoms with van der Waals surface area (Å²) in [4.78, 5) is 23.2. The van der Waals surface area contributed by atoms with Crippen molar-refractivity contribution in [1.82, 2.24) is 0 Å². The molecule has 0 aromatic carbocycles. The number of fused-ring (bicyclic) bond motifs is 5. The van der Waals surface area contributed by atoms with Gasteiger partial charge < -0.3 is 0 Å². The molecule has 4 rings (SSSR count). The van der Waals surface area contributed by atoms with E-state index in [0.717, 1.165) is 30.8 Å². The highest BCUT2D eigenvalue weighted by molar-refractivity contribution is 5.31. The molecule has 4 aliphatic carbocycles. The maximum atomic E-state index is 12.0. The van der Waals surface area contributed by atoms with Crippen molar-refractivity contribution >= 4 is 0 Å². The Bertz CT molecular complexity index is 803. The van der Waals surface area contributed by atoms with Crippen LogP contribution in [0.15, 0.2) is 34.2 Å². The summed E-state index contributed by atoms with van der Waals surface area (Å²) >= 11 is 0. The zero-order chi connectivity index (χ0) is 24.0. The molecule has 0 heterocycles. The van der Waals surface area contributed by atoms with Crippen molar-refractivity contribution in [2.75, 3.05) is 0 Å². The first-order chi connectivity index (χ1) is 15.7. The van der Waals surface area contributed by atoms with E-state index in [4.69, 9.17) is 0 Å². The fourth-order valence-electron chi connectivity index (χ4n) is 9.13. The first-order valence-corrected chi connectivity index (χ1v) is 13.7. The molecule has 4 nitrogen and oxygen atoms in total. The van der Waals surface area contributed by atoms with Gasteiger partial charge >= 0.3 is 0 Å². The lowest BCUT2D eigenvalue weighted by Gasteiger charge is -2.59. The van der Waals surface area contributed by atoms with Gasteiger partial charge in [-0.05, 0) is 109 Å². The number of nitroso groups, excluding NO2 is 2. The predicted octanol–water partition coefficient (Wildman–Crippen LogP) is 8.32. The normalized spacial score (nSPS) is 44.5. The zero-order valence-corrected chi connectivity index (χ0v) is 21.8. The molecule has 4 heteroatoms. The van der Waals surface area contributed by atoms with Crippen LogP contribution in [0.1, 0.15) is 92.9 Å². The maximum Gasteiger partial charge on any atom is 0.114 e. The molecule has 0 saturated heterocycles. The van der Waals surface area contributed by atoms with Gasteiger partial charge in [-0.1, -0.05) is 70.1 Å². The fourth-order valence-corrected chi connectivity index (χ4v) is 9.13. The van der Waals surface area contributed by atoms with E-state index in [1.165, 1.54) is 32.1 Å². The summed E-state index contributed by atoms with van der Waals surface area (Å²) in [6.07, 6.45) is 16.1. The molecule has 0 bridgehead atoms. The Hall–Kier alpha value is -1.32. The average Bonchev–Trinajstić information content (AvgIpc) is 3.15. The van der Waals surface area contributed by atoms with Crippen molar-refractivity contribution in [3.63, 3.8) is 0 Å². The van der Waals surface area contributed by atoms with Gasteiger partial charge in [0.15, 0.2) is 0 Å². The highest BCUT2D eigenvalue weighted by Gasteiger charge is 2.61. The lowest BCUT2D eigenvalue weighted by atomic mass is 9.45. The Morgan fingerprint density at radius 1 is 1.00 bits per heavy atom. The van der Waals surface area contributed by atoms with Crippen LogP contribution in [0.2, 0.25) is 0 Å². The molecule has 33 heavy (non-hydrogen) atoms. The second-order valence-electron chi connectivity index (χ2n) is 12.8. The maximum absolute atomic E-state index is 12.0. The van der Waals surface area contributed by atoms with E-state index in [1.54, 1.807) is 0 Å². The molecule has 3 unspecified atom stereocenters. The number of hydrogen-bond acceptors (Lipinski definition) is 4. The molecule has 0 aliphatic heterocycles.